The Morgan fingerprint density at radius 1 is 1.30 bits per heavy atom. The van der Waals surface area contributed by atoms with Crippen LogP contribution in [0, 0.1) is 13.8 Å². The molecule has 0 fully saturated rings. The van der Waals surface area contributed by atoms with Gasteiger partial charge in [0.15, 0.2) is 5.82 Å². The van der Waals surface area contributed by atoms with Crippen molar-refractivity contribution < 1.29 is 4.79 Å². The summed E-state index contributed by atoms with van der Waals surface area (Å²) in [7, 11) is 1.80. The zero-order chi connectivity index (χ0) is 14.5. The average molecular weight is 274 g/mol. The molecule has 2 heterocycles. The van der Waals surface area contributed by atoms with Gasteiger partial charge in [0.05, 0.1) is 0 Å². The van der Waals surface area contributed by atoms with Gasteiger partial charge in [0.1, 0.15) is 0 Å². The predicted octanol–water partition coefficient (Wildman–Crippen LogP) is 1.27. The second-order valence-corrected chi connectivity index (χ2v) is 4.57. The quantitative estimate of drug-likeness (QED) is 0.857. The predicted molar refractivity (Wildman–Crippen MR) is 76.5 cm³/mol. The van der Waals surface area contributed by atoms with Gasteiger partial charge in [0.2, 0.25) is 11.9 Å². The minimum absolute atomic E-state index is 0.0967. The number of nitrogens with zero attached hydrogens (tertiary/aromatic N) is 4. The summed E-state index contributed by atoms with van der Waals surface area (Å²) in [5, 5.41) is 9.84. The number of aromatic nitrogens is 4. The van der Waals surface area contributed by atoms with Gasteiger partial charge in [0, 0.05) is 43.7 Å². The molecule has 0 unspecified atom stereocenters. The molecule has 0 spiro atoms. The Hall–Kier alpha value is -2.44. The highest BCUT2D eigenvalue weighted by molar-refractivity contribution is 5.89. The first-order valence-electron chi connectivity index (χ1n) is 6.38. The van der Waals surface area contributed by atoms with E-state index in [-0.39, 0.29) is 5.91 Å². The molecule has 1 amide bonds. The molecule has 7 nitrogen and oxygen atoms in total. The molecule has 0 atom stereocenters. The highest BCUT2D eigenvalue weighted by Crippen LogP contribution is 2.04. The van der Waals surface area contributed by atoms with Crippen molar-refractivity contribution in [2.24, 2.45) is 7.05 Å². The van der Waals surface area contributed by atoms with Gasteiger partial charge in [-0.25, -0.2) is 9.97 Å². The summed E-state index contributed by atoms with van der Waals surface area (Å²) in [4.78, 5) is 20.2. The van der Waals surface area contributed by atoms with Crippen molar-refractivity contribution in [1.82, 2.24) is 19.7 Å². The second kappa shape index (κ2) is 6.14. The minimum Gasteiger partial charge on any atom is -0.354 e. The van der Waals surface area contributed by atoms with Crippen molar-refractivity contribution in [3.8, 4) is 0 Å². The molecule has 7 heteroatoms. The van der Waals surface area contributed by atoms with Gasteiger partial charge in [-0.15, -0.1) is 0 Å². The van der Waals surface area contributed by atoms with Crippen molar-refractivity contribution >= 4 is 17.7 Å². The van der Waals surface area contributed by atoms with E-state index in [2.05, 4.69) is 25.7 Å². The lowest BCUT2D eigenvalue weighted by molar-refractivity contribution is -0.116. The number of carbonyl (C=O) groups excluding carboxylic acids is 1. The smallest absolute Gasteiger partial charge is 0.227 e. The Bertz CT molecular complexity index is 586. The van der Waals surface area contributed by atoms with E-state index in [1.165, 1.54) is 0 Å². The Morgan fingerprint density at radius 3 is 2.60 bits per heavy atom. The Kier molecular flexibility index (Phi) is 4.29. The number of rotatable bonds is 5. The van der Waals surface area contributed by atoms with E-state index in [0.29, 0.717) is 24.7 Å². The third-order valence-electron chi connectivity index (χ3n) is 2.60. The topological polar surface area (TPSA) is 84.7 Å². The molecule has 0 aliphatic rings. The fraction of sp³-hybridized carbons (Fsp3) is 0.385. The minimum atomic E-state index is -0.0967. The van der Waals surface area contributed by atoms with Crippen LogP contribution in [0.2, 0.25) is 0 Å². The maximum atomic E-state index is 11.7. The molecule has 2 N–H and O–H groups in total. The summed E-state index contributed by atoms with van der Waals surface area (Å²) in [6.45, 7) is 4.29. The van der Waals surface area contributed by atoms with E-state index in [1.807, 2.05) is 19.9 Å². The molecule has 0 radical (unpaired) electrons. The zero-order valence-electron chi connectivity index (χ0n) is 11.8. The van der Waals surface area contributed by atoms with Crippen LogP contribution >= 0.6 is 0 Å². The van der Waals surface area contributed by atoms with Gasteiger partial charge in [-0.3, -0.25) is 9.48 Å². The number of anilines is 2. The summed E-state index contributed by atoms with van der Waals surface area (Å²) in [6.07, 6.45) is 2.10. The molecule has 106 valence electrons. The van der Waals surface area contributed by atoms with Gasteiger partial charge in [0.25, 0.3) is 0 Å². The molecule has 0 aromatic carbocycles. The molecule has 0 aliphatic carbocycles. The van der Waals surface area contributed by atoms with Gasteiger partial charge >= 0.3 is 0 Å². The van der Waals surface area contributed by atoms with Crippen LogP contribution in [-0.2, 0) is 11.8 Å². The number of amides is 1. The van der Waals surface area contributed by atoms with Crippen molar-refractivity contribution in [1.29, 1.82) is 0 Å². The van der Waals surface area contributed by atoms with Gasteiger partial charge < -0.3 is 10.6 Å². The van der Waals surface area contributed by atoms with E-state index < -0.39 is 0 Å². The first-order chi connectivity index (χ1) is 9.52. The van der Waals surface area contributed by atoms with Gasteiger partial charge in [-0.05, 0) is 19.9 Å². The first-order valence-corrected chi connectivity index (χ1v) is 6.38. The molecule has 0 aliphatic heterocycles. The first kappa shape index (κ1) is 14.0. The van der Waals surface area contributed by atoms with E-state index in [1.54, 1.807) is 24.0 Å². The number of hydrogen-bond acceptors (Lipinski definition) is 5. The Labute approximate surface area is 117 Å². The zero-order valence-corrected chi connectivity index (χ0v) is 11.8. The largest absolute Gasteiger partial charge is 0.354 e. The molecule has 0 saturated heterocycles. The number of aryl methyl sites for hydroxylation is 3. The van der Waals surface area contributed by atoms with Crippen LogP contribution in [0.5, 0.6) is 0 Å². The molecular weight excluding hydrogens is 256 g/mol. The standard InChI is InChI=1S/C13H18N6O/c1-9-8-10(2)16-13(15-9)14-6-4-12(20)17-11-5-7-19(3)18-11/h5,7-8H,4,6H2,1-3H3,(H,14,15,16)(H,17,18,20). The van der Waals surface area contributed by atoms with Crippen LogP contribution in [0.3, 0.4) is 0 Å². The van der Waals surface area contributed by atoms with Crippen LogP contribution in [-0.4, -0.2) is 32.2 Å². The molecule has 2 aromatic rings. The van der Waals surface area contributed by atoms with E-state index in [0.717, 1.165) is 11.4 Å². The van der Waals surface area contributed by atoms with E-state index in [4.69, 9.17) is 0 Å². The van der Waals surface area contributed by atoms with Crippen LogP contribution in [0.25, 0.3) is 0 Å². The third kappa shape index (κ3) is 4.04. The summed E-state index contributed by atoms with van der Waals surface area (Å²) >= 11 is 0. The van der Waals surface area contributed by atoms with Crippen molar-refractivity contribution in [3.05, 3.63) is 29.7 Å². The number of nitrogens with one attached hydrogen (secondary N) is 2. The maximum absolute atomic E-state index is 11.7. The fourth-order valence-corrected chi connectivity index (χ4v) is 1.78. The molecule has 2 aromatic heterocycles. The Balaban J connectivity index is 1.79. The lowest BCUT2D eigenvalue weighted by Crippen LogP contribution is -2.17. The summed E-state index contributed by atoms with van der Waals surface area (Å²) in [5.74, 6) is 1.01. The van der Waals surface area contributed by atoms with Crippen molar-refractivity contribution in [3.63, 3.8) is 0 Å². The second-order valence-electron chi connectivity index (χ2n) is 4.57. The molecule has 0 bridgehead atoms. The average Bonchev–Trinajstić information content (AvgIpc) is 2.73. The molecule has 20 heavy (non-hydrogen) atoms. The van der Waals surface area contributed by atoms with Crippen LogP contribution in [0.15, 0.2) is 18.3 Å². The highest BCUT2D eigenvalue weighted by Gasteiger charge is 2.05. The van der Waals surface area contributed by atoms with Gasteiger partial charge in [-0.1, -0.05) is 0 Å². The van der Waals surface area contributed by atoms with Crippen molar-refractivity contribution in [2.75, 3.05) is 17.2 Å². The molecule has 0 saturated carbocycles. The lowest BCUT2D eigenvalue weighted by Gasteiger charge is -2.06. The fourth-order valence-electron chi connectivity index (χ4n) is 1.78. The van der Waals surface area contributed by atoms with E-state index in [9.17, 15) is 4.79 Å². The Morgan fingerprint density at radius 2 is 2.00 bits per heavy atom. The number of hydrogen-bond donors (Lipinski definition) is 2. The van der Waals surface area contributed by atoms with Gasteiger partial charge in [-0.2, -0.15) is 5.10 Å². The van der Waals surface area contributed by atoms with E-state index >= 15 is 0 Å². The summed E-state index contributed by atoms with van der Waals surface area (Å²) in [6, 6.07) is 3.65. The monoisotopic (exact) mass is 274 g/mol. The normalized spacial score (nSPS) is 10.3. The highest BCUT2D eigenvalue weighted by atomic mass is 16.1. The summed E-state index contributed by atoms with van der Waals surface area (Å²) < 4.78 is 1.64. The molecular formula is C13H18N6O. The van der Waals surface area contributed by atoms with Crippen LogP contribution in [0.4, 0.5) is 11.8 Å². The maximum Gasteiger partial charge on any atom is 0.227 e. The molecule has 2 rings (SSSR count). The lowest BCUT2D eigenvalue weighted by atomic mass is 10.3. The number of carbonyl (C=O) groups is 1. The van der Waals surface area contributed by atoms with Crippen LogP contribution in [0.1, 0.15) is 17.8 Å². The van der Waals surface area contributed by atoms with Crippen LogP contribution < -0.4 is 10.6 Å². The summed E-state index contributed by atoms with van der Waals surface area (Å²) in [5.41, 5.74) is 1.80. The third-order valence-corrected chi connectivity index (χ3v) is 2.60. The van der Waals surface area contributed by atoms with Crippen molar-refractivity contribution in [2.45, 2.75) is 20.3 Å². The SMILES string of the molecule is Cc1cc(C)nc(NCCC(=O)Nc2ccn(C)n2)n1.